The van der Waals surface area contributed by atoms with Gasteiger partial charge in [0.1, 0.15) is 11.9 Å². The number of halogens is 2. The van der Waals surface area contributed by atoms with Gasteiger partial charge in [0.05, 0.1) is 0 Å². The standard InChI is InChI=1S/C12H10F2O2/c13-8-4-3-7-5-9(11(15)6-1-2-6)16-12(7)10(8)14/h3-6,11,15H,1-2H2. The summed E-state index contributed by atoms with van der Waals surface area (Å²) in [5.74, 6) is -1.41. The van der Waals surface area contributed by atoms with Crippen LogP contribution in [0.3, 0.4) is 0 Å². The molecule has 1 saturated carbocycles. The third-order valence-electron chi connectivity index (χ3n) is 2.96. The maximum Gasteiger partial charge on any atom is 0.201 e. The van der Waals surface area contributed by atoms with Crippen molar-refractivity contribution in [2.24, 2.45) is 5.92 Å². The van der Waals surface area contributed by atoms with Gasteiger partial charge in [-0.3, -0.25) is 0 Å². The van der Waals surface area contributed by atoms with Crippen LogP contribution in [0.15, 0.2) is 22.6 Å². The van der Waals surface area contributed by atoms with Gasteiger partial charge in [0.25, 0.3) is 0 Å². The zero-order valence-corrected chi connectivity index (χ0v) is 8.41. The summed E-state index contributed by atoms with van der Waals surface area (Å²) in [4.78, 5) is 0. The summed E-state index contributed by atoms with van der Waals surface area (Å²) in [6, 6.07) is 4.07. The largest absolute Gasteiger partial charge is 0.455 e. The minimum absolute atomic E-state index is 0.116. The predicted octanol–water partition coefficient (Wildman–Crippen LogP) is 3.15. The molecule has 2 nitrogen and oxygen atoms in total. The Bertz CT molecular complexity index is 543. The van der Waals surface area contributed by atoms with E-state index in [9.17, 15) is 13.9 Å². The second kappa shape index (κ2) is 3.28. The topological polar surface area (TPSA) is 33.4 Å². The number of hydrogen-bond acceptors (Lipinski definition) is 2. The quantitative estimate of drug-likeness (QED) is 0.850. The summed E-state index contributed by atoms with van der Waals surface area (Å²) < 4.78 is 31.5. The van der Waals surface area contributed by atoms with Crippen LogP contribution in [0.25, 0.3) is 11.0 Å². The highest BCUT2D eigenvalue weighted by Crippen LogP contribution is 2.42. The zero-order chi connectivity index (χ0) is 11.3. The summed E-state index contributed by atoms with van der Waals surface area (Å²) >= 11 is 0. The molecule has 0 spiro atoms. The highest BCUT2D eigenvalue weighted by atomic mass is 19.2. The predicted molar refractivity (Wildman–Crippen MR) is 53.8 cm³/mol. The third kappa shape index (κ3) is 1.41. The average Bonchev–Trinajstić information content (AvgIpc) is 3.02. The number of benzene rings is 1. The molecule has 0 aliphatic heterocycles. The smallest absolute Gasteiger partial charge is 0.201 e. The van der Waals surface area contributed by atoms with E-state index in [0.29, 0.717) is 11.1 Å². The Morgan fingerprint density at radius 2 is 2.06 bits per heavy atom. The maximum atomic E-state index is 13.3. The highest BCUT2D eigenvalue weighted by molar-refractivity contribution is 5.78. The second-order valence-corrected chi connectivity index (χ2v) is 4.21. The van der Waals surface area contributed by atoms with Gasteiger partial charge in [-0.25, -0.2) is 4.39 Å². The summed E-state index contributed by atoms with van der Waals surface area (Å²) in [6.45, 7) is 0. The minimum Gasteiger partial charge on any atom is -0.455 e. The number of aliphatic hydroxyl groups is 1. The van der Waals surface area contributed by atoms with Gasteiger partial charge in [-0.2, -0.15) is 4.39 Å². The fourth-order valence-electron chi connectivity index (χ4n) is 1.85. The lowest BCUT2D eigenvalue weighted by molar-refractivity contribution is 0.129. The van der Waals surface area contributed by atoms with Crippen LogP contribution in [-0.2, 0) is 0 Å². The van der Waals surface area contributed by atoms with E-state index in [-0.39, 0.29) is 11.5 Å². The first-order valence-corrected chi connectivity index (χ1v) is 5.22. The minimum atomic E-state index is -0.994. The van der Waals surface area contributed by atoms with Crippen molar-refractivity contribution in [2.75, 3.05) is 0 Å². The molecule has 1 aliphatic rings. The molecule has 1 aliphatic carbocycles. The van der Waals surface area contributed by atoms with Gasteiger partial charge in [-0.05, 0) is 37.0 Å². The van der Waals surface area contributed by atoms with Gasteiger partial charge in [0.15, 0.2) is 11.4 Å². The van der Waals surface area contributed by atoms with Gasteiger partial charge in [-0.1, -0.05) is 0 Å². The van der Waals surface area contributed by atoms with Crippen molar-refractivity contribution in [3.05, 3.63) is 35.6 Å². The Hall–Kier alpha value is -1.42. The van der Waals surface area contributed by atoms with Crippen molar-refractivity contribution in [1.29, 1.82) is 0 Å². The van der Waals surface area contributed by atoms with Crippen molar-refractivity contribution >= 4 is 11.0 Å². The lowest BCUT2D eigenvalue weighted by Gasteiger charge is -2.03. The first-order valence-electron chi connectivity index (χ1n) is 5.22. The Kier molecular flexibility index (Phi) is 2.01. The molecule has 3 rings (SSSR count). The zero-order valence-electron chi connectivity index (χ0n) is 8.41. The fourth-order valence-corrected chi connectivity index (χ4v) is 1.85. The first kappa shape index (κ1) is 9.78. The lowest BCUT2D eigenvalue weighted by Crippen LogP contribution is -1.96. The van der Waals surface area contributed by atoms with Crippen molar-refractivity contribution in [1.82, 2.24) is 0 Å². The molecule has 1 aromatic heterocycles. The van der Waals surface area contributed by atoms with Gasteiger partial charge in [0, 0.05) is 5.39 Å². The lowest BCUT2D eigenvalue weighted by atomic mass is 10.1. The number of furan rings is 1. The molecule has 1 N–H and O–H groups in total. The molecule has 0 saturated heterocycles. The third-order valence-corrected chi connectivity index (χ3v) is 2.96. The summed E-state index contributed by atoms with van der Waals surface area (Å²) in [7, 11) is 0. The van der Waals surface area contributed by atoms with Gasteiger partial charge < -0.3 is 9.52 Å². The molecule has 84 valence electrons. The van der Waals surface area contributed by atoms with E-state index in [1.165, 1.54) is 6.07 Å². The number of fused-ring (bicyclic) bond motifs is 1. The van der Waals surface area contributed by atoms with Crippen LogP contribution in [0, 0.1) is 17.6 Å². The second-order valence-electron chi connectivity index (χ2n) is 4.21. The Morgan fingerprint density at radius 3 is 2.75 bits per heavy atom. The van der Waals surface area contributed by atoms with Crippen molar-refractivity contribution in [3.8, 4) is 0 Å². The number of aliphatic hydroxyl groups excluding tert-OH is 1. The highest BCUT2D eigenvalue weighted by Gasteiger charge is 2.33. The SMILES string of the molecule is OC(c1cc2ccc(F)c(F)c2o1)C1CC1. The summed E-state index contributed by atoms with van der Waals surface area (Å²) in [6.07, 6.45) is 1.21. The molecule has 0 amide bonds. The first-order chi connectivity index (χ1) is 7.66. The monoisotopic (exact) mass is 224 g/mol. The van der Waals surface area contributed by atoms with Crippen LogP contribution in [-0.4, -0.2) is 5.11 Å². The van der Waals surface area contributed by atoms with Crippen LogP contribution >= 0.6 is 0 Å². The van der Waals surface area contributed by atoms with Gasteiger partial charge in [0.2, 0.25) is 5.82 Å². The van der Waals surface area contributed by atoms with E-state index >= 15 is 0 Å². The molecule has 1 unspecified atom stereocenters. The van der Waals surface area contributed by atoms with Crippen LogP contribution < -0.4 is 0 Å². The fraction of sp³-hybridized carbons (Fsp3) is 0.333. The van der Waals surface area contributed by atoms with Crippen LogP contribution in [0.5, 0.6) is 0 Å². The van der Waals surface area contributed by atoms with Crippen molar-refractivity contribution in [3.63, 3.8) is 0 Å². The van der Waals surface area contributed by atoms with Gasteiger partial charge in [-0.15, -0.1) is 0 Å². The normalized spacial score (nSPS) is 17.9. The van der Waals surface area contributed by atoms with Crippen molar-refractivity contribution in [2.45, 2.75) is 18.9 Å². The Balaban J connectivity index is 2.11. The van der Waals surface area contributed by atoms with E-state index in [0.717, 1.165) is 18.9 Å². The number of rotatable bonds is 2. The molecule has 0 bridgehead atoms. The molecule has 0 radical (unpaired) electrons. The van der Waals surface area contributed by atoms with E-state index in [2.05, 4.69) is 0 Å². The van der Waals surface area contributed by atoms with Crippen LogP contribution in [0.2, 0.25) is 0 Å². The molecular weight excluding hydrogens is 214 g/mol. The molecule has 4 heteroatoms. The molecule has 1 fully saturated rings. The molecule has 1 heterocycles. The van der Waals surface area contributed by atoms with Crippen molar-refractivity contribution < 1.29 is 18.3 Å². The van der Waals surface area contributed by atoms with Gasteiger partial charge >= 0.3 is 0 Å². The summed E-state index contributed by atoms with van der Waals surface area (Å²) in [5, 5.41) is 10.3. The molecule has 1 atom stereocenters. The van der Waals surface area contributed by atoms with E-state index in [1.54, 1.807) is 6.07 Å². The molecule has 16 heavy (non-hydrogen) atoms. The van der Waals surface area contributed by atoms with E-state index in [1.807, 2.05) is 0 Å². The number of hydrogen-bond donors (Lipinski definition) is 1. The Morgan fingerprint density at radius 1 is 1.31 bits per heavy atom. The maximum absolute atomic E-state index is 13.3. The average molecular weight is 224 g/mol. The van der Waals surface area contributed by atoms with E-state index in [4.69, 9.17) is 4.42 Å². The molecule has 2 aromatic rings. The molecular formula is C12H10F2O2. The molecule has 1 aromatic carbocycles. The van der Waals surface area contributed by atoms with Crippen LogP contribution in [0.1, 0.15) is 24.7 Å². The Labute approximate surface area is 90.5 Å². The summed E-state index contributed by atoms with van der Waals surface area (Å²) in [5.41, 5.74) is -0.116. The van der Waals surface area contributed by atoms with Crippen LogP contribution in [0.4, 0.5) is 8.78 Å². The van der Waals surface area contributed by atoms with E-state index < -0.39 is 17.7 Å².